The maximum atomic E-state index is 11.3. The van der Waals surface area contributed by atoms with Crippen molar-refractivity contribution < 1.29 is 38.7 Å². The number of aliphatic hydroxyl groups is 2. The zero-order chi connectivity index (χ0) is 39.4. The summed E-state index contributed by atoms with van der Waals surface area (Å²) in [4.78, 5) is 31.7. The van der Waals surface area contributed by atoms with Gasteiger partial charge in [-0.3, -0.25) is 9.59 Å². The summed E-state index contributed by atoms with van der Waals surface area (Å²) in [6.07, 6.45) is -1.33. The number of ether oxygens (including phenoxy) is 4. The van der Waals surface area contributed by atoms with E-state index >= 15 is 0 Å². The van der Waals surface area contributed by atoms with Crippen molar-refractivity contribution in [3.05, 3.63) is 90.9 Å². The highest BCUT2D eigenvalue weighted by Crippen LogP contribution is 2.34. The molecule has 0 unspecified atom stereocenters. The molecule has 4 rings (SSSR count). The van der Waals surface area contributed by atoms with Gasteiger partial charge in [-0.2, -0.15) is 9.97 Å². The van der Waals surface area contributed by atoms with Crippen LogP contribution >= 0.6 is 31.9 Å². The zero-order valence-corrected chi connectivity index (χ0v) is 34.6. The highest BCUT2D eigenvalue weighted by atomic mass is 79.9. The molecule has 0 amide bonds. The van der Waals surface area contributed by atoms with Gasteiger partial charge in [0.05, 0.1) is 35.4 Å². The third kappa shape index (κ3) is 12.0. The number of nitrogens with zero attached hydrogens (tertiary/aromatic N) is 2. The van der Waals surface area contributed by atoms with Crippen LogP contribution in [0.3, 0.4) is 0 Å². The van der Waals surface area contributed by atoms with E-state index < -0.39 is 12.2 Å². The first-order valence-corrected chi connectivity index (χ1v) is 19.1. The van der Waals surface area contributed by atoms with Gasteiger partial charge in [-0.15, -0.1) is 0 Å². The lowest BCUT2D eigenvalue weighted by molar-refractivity contribution is -0.119. The van der Waals surface area contributed by atoms with Gasteiger partial charge < -0.3 is 39.8 Å². The summed E-state index contributed by atoms with van der Waals surface area (Å²) in [5, 5.41) is 26.3. The molecule has 2 atom stereocenters. The number of Topliss-reactive ketones (excluding diaryl/α,β-unsaturated/α-hetero) is 2. The number of hydrogen-bond acceptors (Lipinski definition) is 12. The third-order valence-corrected chi connectivity index (χ3v) is 9.84. The van der Waals surface area contributed by atoms with Crippen LogP contribution in [0.25, 0.3) is 11.1 Å². The van der Waals surface area contributed by atoms with Crippen molar-refractivity contribution in [2.75, 3.05) is 27.3 Å². The number of nitrogens with one attached hydrogen (secondary N) is 2. The van der Waals surface area contributed by atoms with Crippen molar-refractivity contribution in [1.29, 1.82) is 0 Å². The Hall–Kier alpha value is -3.92. The molecule has 14 heteroatoms. The second-order valence-corrected chi connectivity index (χ2v) is 14.7. The van der Waals surface area contributed by atoms with Crippen molar-refractivity contribution in [1.82, 2.24) is 20.6 Å². The summed E-state index contributed by atoms with van der Waals surface area (Å²) in [5.74, 6) is 1.43. The van der Waals surface area contributed by atoms with Gasteiger partial charge in [0.1, 0.15) is 24.8 Å². The van der Waals surface area contributed by atoms with Gasteiger partial charge in [0.25, 0.3) is 0 Å². The number of aromatic nitrogens is 2. The fourth-order valence-corrected chi connectivity index (χ4v) is 6.87. The van der Waals surface area contributed by atoms with Crippen molar-refractivity contribution in [2.24, 2.45) is 0 Å². The van der Waals surface area contributed by atoms with Crippen LogP contribution in [0.4, 0.5) is 0 Å². The number of carbonyl (C=O) groups is 2. The fourth-order valence-electron chi connectivity index (χ4n) is 5.91. The summed E-state index contributed by atoms with van der Waals surface area (Å²) in [6.45, 7) is 8.90. The van der Waals surface area contributed by atoms with E-state index in [0.717, 1.165) is 44.5 Å². The topological polar surface area (TPSA) is 161 Å². The van der Waals surface area contributed by atoms with E-state index in [1.807, 2.05) is 36.4 Å². The van der Waals surface area contributed by atoms with Gasteiger partial charge in [-0.05, 0) is 105 Å². The molecular weight excluding hydrogens is 824 g/mol. The summed E-state index contributed by atoms with van der Waals surface area (Å²) in [5.41, 5.74) is 7.81. The number of pyridine rings is 2. The molecule has 2 aromatic heterocycles. The Bertz CT molecular complexity index is 1790. The van der Waals surface area contributed by atoms with Crippen LogP contribution in [0.15, 0.2) is 57.5 Å². The Balaban J connectivity index is 1.43. The second-order valence-electron chi connectivity index (χ2n) is 13.0. The second kappa shape index (κ2) is 20.7. The molecule has 0 aliphatic rings. The van der Waals surface area contributed by atoms with Crippen LogP contribution in [0.2, 0.25) is 0 Å². The average molecular weight is 873 g/mol. The predicted octanol–water partition coefficient (Wildman–Crippen LogP) is 6.32. The number of ketones is 2. The van der Waals surface area contributed by atoms with E-state index in [-0.39, 0.29) is 50.7 Å². The Kier molecular flexibility index (Phi) is 16.4. The lowest BCUT2D eigenvalue weighted by Gasteiger charge is -2.18. The van der Waals surface area contributed by atoms with Gasteiger partial charge in [-0.1, -0.05) is 36.4 Å². The van der Waals surface area contributed by atoms with E-state index in [0.29, 0.717) is 45.6 Å². The van der Waals surface area contributed by atoms with E-state index in [1.165, 1.54) is 13.8 Å². The first kappa shape index (κ1) is 42.8. The molecule has 0 radical (unpaired) electrons. The van der Waals surface area contributed by atoms with Crippen molar-refractivity contribution in [2.45, 2.75) is 79.0 Å². The van der Waals surface area contributed by atoms with Gasteiger partial charge in [0.15, 0.2) is 0 Å². The average Bonchev–Trinajstić information content (AvgIpc) is 3.11. The SMILES string of the molecule is COc1nc(OCc2cccc(-c3cccc(COc4nc(OC)c(CNC[C@@H](O)CC(C)=O)cc4Br)c3C)c2C)c(Br)cc1CNC[C@@H](O)CC(C)=O. The predicted molar refractivity (Wildman–Crippen MR) is 213 cm³/mol. The fraction of sp³-hybridized carbons (Fsp3) is 0.400. The molecule has 0 bridgehead atoms. The minimum absolute atomic E-state index is 0.0674. The quantitative estimate of drug-likeness (QED) is 0.0739. The summed E-state index contributed by atoms with van der Waals surface area (Å²) in [6, 6.07) is 16.0. The Morgan fingerprint density at radius 3 is 1.41 bits per heavy atom. The molecule has 2 heterocycles. The molecule has 0 saturated heterocycles. The molecule has 4 aromatic rings. The van der Waals surface area contributed by atoms with E-state index in [2.05, 4.69) is 78.4 Å². The van der Waals surface area contributed by atoms with Crippen LogP contribution in [0, 0.1) is 13.8 Å². The number of benzene rings is 2. The lowest BCUT2D eigenvalue weighted by Crippen LogP contribution is -2.28. The molecule has 0 aliphatic carbocycles. The van der Waals surface area contributed by atoms with E-state index in [1.54, 1.807) is 14.2 Å². The maximum absolute atomic E-state index is 11.3. The highest BCUT2D eigenvalue weighted by Gasteiger charge is 2.18. The number of halogens is 2. The Morgan fingerprint density at radius 1 is 0.667 bits per heavy atom. The van der Waals surface area contributed by atoms with Gasteiger partial charge in [-0.25, -0.2) is 0 Å². The van der Waals surface area contributed by atoms with Crippen molar-refractivity contribution in [3.8, 4) is 34.6 Å². The minimum Gasteiger partial charge on any atom is -0.481 e. The molecule has 290 valence electrons. The van der Waals surface area contributed by atoms with Crippen LogP contribution < -0.4 is 29.6 Å². The van der Waals surface area contributed by atoms with Crippen LogP contribution in [0.5, 0.6) is 23.5 Å². The molecule has 0 aliphatic heterocycles. The molecular formula is C40H48Br2N4O8. The van der Waals surface area contributed by atoms with Gasteiger partial charge >= 0.3 is 0 Å². The van der Waals surface area contributed by atoms with Crippen LogP contribution in [-0.4, -0.2) is 71.3 Å². The standard InChI is InChI=1S/C40H48Br2N4O8/c1-23(47)13-31(49)19-43-17-29-15-35(41)39(45-37(29)51-5)53-21-27-9-7-11-33(25(27)3)34-12-8-10-28(26(34)4)22-54-40-36(42)16-30(38(46-40)52-6)18-44-20-32(50)14-24(2)48/h7-12,15-16,31-32,43-44,49-50H,13-14,17-22H2,1-6H3/t31-,32-/m0/s1. The number of carbonyl (C=O) groups excluding carboxylic acids is 2. The number of aliphatic hydroxyl groups excluding tert-OH is 2. The monoisotopic (exact) mass is 870 g/mol. The number of methoxy groups -OCH3 is 2. The normalized spacial score (nSPS) is 12.3. The molecule has 0 spiro atoms. The van der Waals surface area contributed by atoms with E-state index in [4.69, 9.17) is 18.9 Å². The molecule has 0 fully saturated rings. The molecule has 0 saturated carbocycles. The number of rotatable bonds is 21. The van der Waals surface area contributed by atoms with Crippen molar-refractivity contribution in [3.63, 3.8) is 0 Å². The van der Waals surface area contributed by atoms with Crippen molar-refractivity contribution >= 4 is 43.4 Å². The summed E-state index contributed by atoms with van der Waals surface area (Å²) >= 11 is 7.16. The molecule has 54 heavy (non-hydrogen) atoms. The Morgan fingerprint density at radius 2 is 1.06 bits per heavy atom. The third-order valence-electron chi connectivity index (χ3n) is 8.70. The first-order valence-electron chi connectivity index (χ1n) is 17.5. The smallest absolute Gasteiger partial charge is 0.231 e. The van der Waals surface area contributed by atoms with Gasteiger partial charge in [0.2, 0.25) is 23.5 Å². The minimum atomic E-state index is -0.762. The summed E-state index contributed by atoms with van der Waals surface area (Å²) in [7, 11) is 3.08. The molecule has 4 N–H and O–H groups in total. The molecule has 12 nitrogen and oxygen atoms in total. The number of hydrogen-bond donors (Lipinski definition) is 4. The lowest BCUT2D eigenvalue weighted by atomic mass is 9.92. The maximum Gasteiger partial charge on any atom is 0.231 e. The zero-order valence-electron chi connectivity index (χ0n) is 31.4. The largest absolute Gasteiger partial charge is 0.481 e. The first-order chi connectivity index (χ1) is 25.8. The van der Waals surface area contributed by atoms with Crippen LogP contribution in [0.1, 0.15) is 60.1 Å². The van der Waals surface area contributed by atoms with E-state index in [9.17, 15) is 19.8 Å². The van der Waals surface area contributed by atoms with Crippen LogP contribution in [-0.2, 0) is 35.9 Å². The molecule has 2 aromatic carbocycles. The highest BCUT2D eigenvalue weighted by molar-refractivity contribution is 9.10. The summed E-state index contributed by atoms with van der Waals surface area (Å²) < 4.78 is 24.8. The van der Waals surface area contributed by atoms with Gasteiger partial charge in [0, 0.05) is 50.1 Å². The Labute approximate surface area is 333 Å².